The van der Waals surface area contributed by atoms with E-state index in [0.29, 0.717) is 5.01 Å². The van der Waals surface area contributed by atoms with E-state index in [0.717, 1.165) is 11.3 Å². The minimum atomic E-state index is -1.00. The van der Waals surface area contributed by atoms with Crippen molar-refractivity contribution in [3.8, 4) is 16.3 Å². The second kappa shape index (κ2) is 5.18. The molecule has 94 valence electrons. The lowest BCUT2D eigenvalue weighted by atomic mass is 10.2. The van der Waals surface area contributed by atoms with E-state index in [-0.39, 0.29) is 11.8 Å². The summed E-state index contributed by atoms with van der Waals surface area (Å²) < 4.78 is 5.54. The predicted molar refractivity (Wildman–Crippen MR) is 70.3 cm³/mol. The molecule has 0 aliphatic rings. The quantitative estimate of drug-likeness (QED) is 0.919. The maximum atomic E-state index is 10.7. The number of hydrogen-bond acceptors (Lipinski definition) is 4. The van der Waals surface area contributed by atoms with Crippen LogP contribution in [-0.2, 0) is 0 Å². The molecule has 4 nitrogen and oxygen atoms in total. The van der Waals surface area contributed by atoms with Crippen molar-refractivity contribution in [3.63, 3.8) is 0 Å². The van der Waals surface area contributed by atoms with Crippen LogP contribution in [0.25, 0.3) is 10.6 Å². The molecule has 1 aromatic heterocycles. The highest BCUT2D eigenvalue weighted by Crippen LogP contribution is 2.26. The van der Waals surface area contributed by atoms with Crippen molar-refractivity contribution in [2.24, 2.45) is 0 Å². The fourth-order valence-electron chi connectivity index (χ4n) is 1.45. The first kappa shape index (κ1) is 12.6. The molecule has 0 aliphatic carbocycles. The molecular formula is C13H13NO3S. The molecule has 2 rings (SSSR count). The van der Waals surface area contributed by atoms with Gasteiger partial charge in [-0.3, -0.25) is 0 Å². The summed E-state index contributed by atoms with van der Waals surface area (Å²) in [6.45, 7) is 3.93. The fourth-order valence-corrected chi connectivity index (χ4v) is 2.25. The number of benzene rings is 1. The van der Waals surface area contributed by atoms with Gasteiger partial charge in [-0.1, -0.05) is 0 Å². The second-order valence-electron chi connectivity index (χ2n) is 4.03. The molecule has 0 bridgehead atoms. The van der Waals surface area contributed by atoms with Gasteiger partial charge in [-0.25, -0.2) is 9.78 Å². The summed E-state index contributed by atoms with van der Waals surface area (Å²) in [4.78, 5) is 14.8. The van der Waals surface area contributed by atoms with Crippen molar-refractivity contribution < 1.29 is 14.6 Å². The van der Waals surface area contributed by atoms with Gasteiger partial charge in [0.25, 0.3) is 0 Å². The van der Waals surface area contributed by atoms with Gasteiger partial charge in [0.05, 0.1) is 6.10 Å². The summed E-state index contributed by atoms with van der Waals surface area (Å²) in [5.41, 5.74) is 0.973. The zero-order valence-corrected chi connectivity index (χ0v) is 10.9. The van der Waals surface area contributed by atoms with Crippen molar-refractivity contribution in [1.82, 2.24) is 4.98 Å². The summed E-state index contributed by atoms with van der Waals surface area (Å²) in [5.74, 6) is -0.207. The van der Waals surface area contributed by atoms with Crippen LogP contribution in [0.5, 0.6) is 5.75 Å². The maximum absolute atomic E-state index is 10.7. The molecule has 1 heterocycles. The third kappa shape index (κ3) is 2.87. The molecule has 2 aromatic rings. The number of nitrogens with zero attached hydrogens (tertiary/aromatic N) is 1. The molecule has 5 heteroatoms. The van der Waals surface area contributed by atoms with E-state index in [1.807, 2.05) is 38.1 Å². The van der Waals surface area contributed by atoms with Crippen LogP contribution in [0.2, 0.25) is 0 Å². The summed E-state index contributed by atoms with van der Waals surface area (Å²) in [6, 6.07) is 7.47. The molecule has 0 radical (unpaired) electrons. The molecule has 1 N–H and O–H groups in total. The van der Waals surface area contributed by atoms with Gasteiger partial charge in [-0.15, -0.1) is 11.3 Å². The topological polar surface area (TPSA) is 59.4 Å². The number of carbonyl (C=O) groups is 1. The van der Waals surface area contributed by atoms with Crippen LogP contribution in [-0.4, -0.2) is 22.2 Å². The Morgan fingerprint density at radius 1 is 1.33 bits per heavy atom. The number of carboxylic acids is 1. The molecule has 0 atom stereocenters. The molecule has 0 amide bonds. The lowest BCUT2D eigenvalue weighted by Crippen LogP contribution is -2.05. The molecule has 0 unspecified atom stereocenters. The first-order valence-corrected chi connectivity index (χ1v) is 6.40. The van der Waals surface area contributed by atoms with Crippen LogP contribution in [0.15, 0.2) is 29.6 Å². The molecule has 1 aromatic carbocycles. The number of aromatic nitrogens is 1. The third-order valence-corrected chi connectivity index (χ3v) is 3.09. The Morgan fingerprint density at radius 3 is 2.50 bits per heavy atom. The Balaban J connectivity index is 2.20. The Morgan fingerprint density at radius 2 is 2.00 bits per heavy atom. The summed E-state index contributed by atoms with van der Waals surface area (Å²) >= 11 is 1.32. The molecule has 0 spiro atoms. The lowest BCUT2D eigenvalue weighted by Gasteiger charge is -2.09. The Labute approximate surface area is 109 Å². The molecule has 0 saturated heterocycles. The van der Waals surface area contributed by atoms with Crippen molar-refractivity contribution in [2.45, 2.75) is 20.0 Å². The largest absolute Gasteiger partial charge is 0.491 e. The van der Waals surface area contributed by atoms with Gasteiger partial charge >= 0.3 is 5.97 Å². The standard InChI is InChI=1S/C13H13NO3S/c1-8(2)17-10-5-3-9(4-6-10)12-14-11(7-18-12)13(15)16/h3-8H,1-2H3,(H,15,16). The number of hydrogen-bond donors (Lipinski definition) is 1. The minimum absolute atomic E-state index is 0.0810. The van der Waals surface area contributed by atoms with Gasteiger partial charge < -0.3 is 9.84 Å². The first-order chi connectivity index (χ1) is 8.56. The fraction of sp³-hybridized carbons (Fsp3) is 0.231. The van der Waals surface area contributed by atoms with Gasteiger partial charge in [0.1, 0.15) is 10.8 Å². The SMILES string of the molecule is CC(C)Oc1ccc(-c2nc(C(=O)O)cs2)cc1. The van der Waals surface area contributed by atoms with Crippen molar-refractivity contribution in [3.05, 3.63) is 35.3 Å². The van der Waals surface area contributed by atoms with E-state index in [1.165, 1.54) is 16.7 Å². The van der Waals surface area contributed by atoms with Crippen LogP contribution in [0, 0.1) is 0 Å². The van der Waals surface area contributed by atoms with E-state index >= 15 is 0 Å². The number of aromatic carboxylic acids is 1. The maximum Gasteiger partial charge on any atom is 0.355 e. The Bertz CT molecular complexity index is 546. The molecule has 0 fully saturated rings. The summed E-state index contributed by atoms with van der Waals surface area (Å²) in [6.07, 6.45) is 0.134. The molecule has 18 heavy (non-hydrogen) atoms. The van der Waals surface area contributed by atoms with Gasteiger partial charge in [0.15, 0.2) is 5.69 Å². The highest BCUT2D eigenvalue weighted by molar-refractivity contribution is 7.13. The van der Waals surface area contributed by atoms with Crippen LogP contribution < -0.4 is 4.74 Å². The third-order valence-electron chi connectivity index (χ3n) is 2.20. The molecular weight excluding hydrogens is 250 g/mol. The summed E-state index contributed by atoms with van der Waals surface area (Å²) in [5, 5.41) is 11.0. The highest BCUT2D eigenvalue weighted by Gasteiger charge is 2.10. The van der Waals surface area contributed by atoms with Gasteiger partial charge in [0.2, 0.25) is 0 Å². The van der Waals surface area contributed by atoms with E-state index in [2.05, 4.69) is 4.98 Å². The monoisotopic (exact) mass is 263 g/mol. The normalized spacial score (nSPS) is 10.6. The van der Waals surface area contributed by atoms with E-state index in [1.54, 1.807) is 0 Å². The Hall–Kier alpha value is -1.88. The average Bonchev–Trinajstić information content (AvgIpc) is 2.78. The van der Waals surface area contributed by atoms with Crippen molar-refractivity contribution >= 4 is 17.3 Å². The number of thiazole rings is 1. The molecule has 0 saturated carbocycles. The zero-order valence-electron chi connectivity index (χ0n) is 10.1. The van der Waals surface area contributed by atoms with E-state index in [4.69, 9.17) is 9.84 Å². The number of ether oxygens (including phenoxy) is 1. The van der Waals surface area contributed by atoms with Gasteiger partial charge in [-0.05, 0) is 38.1 Å². The van der Waals surface area contributed by atoms with Crippen LogP contribution in [0.1, 0.15) is 24.3 Å². The van der Waals surface area contributed by atoms with Gasteiger partial charge in [0, 0.05) is 10.9 Å². The smallest absolute Gasteiger partial charge is 0.355 e. The molecule has 0 aliphatic heterocycles. The van der Waals surface area contributed by atoms with Crippen molar-refractivity contribution in [1.29, 1.82) is 0 Å². The number of rotatable bonds is 4. The van der Waals surface area contributed by atoms with Crippen LogP contribution in [0.3, 0.4) is 0 Å². The van der Waals surface area contributed by atoms with Crippen LogP contribution in [0.4, 0.5) is 0 Å². The first-order valence-electron chi connectivity index (χ1n) is 5.52. The van der Waals surface area contributed by atoms with E-state index in [9.17, 15) is 4.79 Å². The summed E-state index contributed by atoms with van der Waals surface area (Å²) in [7, 11) is 0. The minimum Gasteiger partial charge on any atom is -0.491 e. The average molecular weight is 263 g/mol. The Kier molecular flexibility index (Phi) is 3.62. The lowest BCUT2D eigenvalue weighted by molar-refractivity contribution is 0.0691. The highest BCUT2D eigenvalue weighted by atomic mass is 32.1. The zero-order chi connectivity index (χ0) is 13.1. The van der Waals surface area contributed by atoms with Crippen LogP contribution >= 0.6 is 11.3 Å². The van der Waals surface area contributed by atoms with Crippen molar-refractivity contribution in [2.75, 3.05) is 0 Å². The van der Waals surface area contributed by atoms with Gasteiger partial charge in [-0.2, -0.15) is 0 Å². The predicted octanol–water partition coefficient (Wildman–Crippen LogP) is 3.30. The second-order valence-corrected chi connectivity index (χ2v) is 4.89. The number of carboxylic acid groups (broad SMARTS) is 1. The van der Waals surface area contributed by atoms with E-state index < -0.39 is 5.97 Å².